The summed E-state index contributed by atoms with van der Waals surface area (Å²) in [5.74, 6) is -1.21. The first kappa shape index (κ1) is 11.1. The van der Waals surface area contributed by atoms with Crippen LogP contribution in [0.5, 0.6) is 0 Å². The van der Waals surface area contributed by atoms with Gasteiger partial charge in [-0.3, -0.25) is 14.9 Å². The Morgan fingerprint density at radius 3 is 2.80 bits per heavy atom. The molecule has 1 aromatic carbocycles. The second-order valence-electron chi connectivity index (χ2n) is 2.81. The molecule has 0 unspecified atom stereocenters. The van der Waals surface area contributed by atoms with Gasteiger partial charge in [-0.05, 0) is 6.07 Å². The topological polar surface area (TPSA) is 69.4 Å². The first-order valence-electron chi connectivity index (χ1n) is 4.07. The molecular formula is C9H8FNO4. The minimum absolute atomic E-state index is 0.0144. The van der Waals surface area contributed by atoms with Crippen molar-refractivity contribution in [2.45, 2.75) is 13.5 Å². The molecule has 0 amide bonds. The Morgan fingerprint density at radius 2 is 2.27 bits per heavy atom. The monoisotopic (exact) mass is 213 g/mol. The zero-order chi connectivity index (χ0) is 11.4. The first-order valence-corrected chi connectivity index (χ1v) is 4.07. The van der Waals surface area contributed by atoms with Crippen molar-refractivity contribution in [1.29, 1.82) is 0 Å². The van der Waals surface area contributed by atoms with Gasteiger partial charge in [-0.25, -0.2) is 4.39 Å². The summed E-state index contributed by atoms with van der Waals surface area (Å²) in [5, 5.41) is 10.4. The Kier molecular flexibility index (Phi) is 3.33. The largest absolute Gasteiger partial charge is 0.461 e. The molecule has 0 bridgehead atoms. The number of hydrogen-bond acceptors (Lipinski definition) is 4. The maximum absolute atomic E-state index is 13.1. The lowest BCUT2D eigenvalue weighted by Crippen LogP contribution is -2.01. The number of nitrogens with zero attached hydrogens (tertiary/aromatic N) is 1. The van der Waals surface area contributed by atoms with Crippen LogP contribution in [0.3, 0.4) is 0 Å². The number of hydrogen-bond donors (Lipinski definition) is 0. The van der Waals surface area contributed by atoms with Crippen LogP contribution in [0.15, 0.2) is 18.2 Å². The van der Waals surface area contributed by atoms with E-state index in [0.717, 1.165) is 18.2 Å². The SMILES string of the molecule is CC(=O)OCc1cc([N+](=O)[O-])ccc1F. The van der Waals surface area contributed by atoms with Gasteiger partial charge in [0.1, 0.15) is 12.4 Å². The van der Waals surface area contributed by atoms with E-state index in [4.69, 9.17) is 0 Å². The maximum Gasteiger partial charge on any atom is 0.302 e. The minimum Gasteiger partial charge on any atom is -0.461 e. The number of esters is 1. The fourth-order valence-corrected chi connectivity index (χ4v) is 0.965. The van der Waals surface area contributed by atoms with Crippen LogP contribution in [0.2, 0.25) is 0 Å². The lowest BCUT2D eigenvalue weighted by molar-refractivity contribution is -0.385. The van der Waals surface area contributed by atoms with Crippen LogP contribution in [0.25, 0.3) is 0 Å². The van der Waals surface area contributed by atoms with Gasteiger partial charge in [0.15, 0.2) is 0 Å². The maximum atomic E-state index is 13.1. The summed E-state index contributed by atoms with van der Waals surface area (Å²) in [6, 6.07) is 3.06. The van der Waals surface area contributed by atoms with Gasteiger partial charge in [-0.2, -0.15) is 0 Å². The lowest BCUT2D eigenvalue weighted by atomic mass is 10.2. The summed E-state index contributed by atoms with van der Waals surface area (Å²) in [6.07, 6.45) is 0. The molecule has 0 fully saturated rings. The van der Waals surface area contributed by atoms with Crippen molar-refractivity contribution in [3.8, 4) is 0 Å². The number of non-ortho nitro benzene ring substituents is 1. The van der Waals surface area contributed by atoms with Crippen LogP contribution in [0.4, 0.5) is 10.1 Å². The van der Waals surface area contributed by atoms with E-state index in [-0.39, 0.29) is 17.9 Å². The van der Waals surface area contributed by atoms with Gasteiger partial charge in [-0.15, -0.1) is 0 Å². The van der Waals surface area contributed by atoms with Gasteiger partial charge in [-0.1, -0.05) is 0 Å². The van der Waals surface area contributed by atoms with E-state index < -0.39 is 16.7 Å². The highest BCUT2D eigenvalue weighted by molar-refractivity contribution is 5.65. The number of ether oxygens (including phenoxy) is 1. The van der Waals surface area contributed by atoms with Crippen molar-refractivity contribution < 1.29 is 18.8 Å². The Bertz CT molecular complexity index is 405. The summed E-state index contributed by atoms with van der Waals surface area (Å²) >= 11 is 0. The molecule has 0 saturated heterocycles. The number of benzene rings is 1. The molecule has 0 spiro atoms. The molecule has 0 aromatic heterocycles. The van der Waals surface area contributed by atoms with Crippen molar-refractivity contribution in [3.63, 3.8) is 0 Å². The van der Waals surface area contributed by atoms with Gasteiger partial charge in [0.25, 0.3) is 5.69 Å². The summed E-state index contributed by atoms with van der Waals surface area (Å²) in [5.41, 5.74) is -0.252. The van der Waals surface area contributed by atoms with Crippen LogP contribution >= 0.6 is 0 Å². The normalized spacial score (nSPS) is 9.73. The molecule has 5 nitrogen and oxygen atoms in total. The summed E-state index contributed by atoms with van der Waals surface area (Å²) < 4.78 is 17.6. The molecule has 1 rings (SSSR count). The van der Waals surface area contributed by atoms with E-state index in [1.165, 1.54) is 6.92 Å². The van der Waals surface area contributed by atoms with Crippen molar-refractivity contribution in [3.05, 3.63) is 39.7 Å². The Morgan fingerprint density at radius 1 is 1.60 bits per heavy atom. The van der Waals surface area contributed by atoms with Gasteiger partial charge in [0.2, 0.25) is 0 Å². The molecule has 0 atom stereocenters. The molecule has 0 saturated carbocycles. The molecule has 0 aliphatic rings. The zero-order valence-corrected chi connectivity index (χ0v) is 7.90. The van der Waals surface area contributed by atoms with Gasteiger partial charge < -0.3 is 4.74 Å². The lowest BCUT2D eigenvalue weighted by Gasteiger charge is -2.03. The van der Waals surface area contributed by atoms with Crippen molar-refractivity contribution in [2.24, 2.45) is 0 Å². The molecule has 0 aliphatic heterocycles. The molecule has 0 heterocycles. The smallest absolute Gasteiger partial charge is 0.302 e. The second kappa shape index (κ2) is 4.50. The third-order valence-electron chi connectivity index (χ3n) is 1.67. The highest BCUT2D eigenvalue weighted by Crippen LogP contribution is 2.17. The predicted molar refractivity (Wildman–Crippen MR) is 48.5 cm³/mol. The highest BCUT2D eigenvalue weighted by atomic mass is 19.1. The first-order chi connectivity index (χ1) is 7.00. The standard InChI is InChI=1S/C9H8FNO4/c1-6(12)15-5-7-4-8(11(13)14)2-3-9(7)10/h2-4H,5H2,1H3. The van der Waals surface area contributed by atoms with Crippen molar-refractivity contribution >= 4 is 11.7 Å². The number of nitro groups is 1. The second-order valence-corrected chi connectivity index (χ2v) is 2.81. The van der Waals surface area contributed by atoms with E-state index in [2.05, 4.69) is 4.74 Å². The zero-order valence-electron chi connectivity index (χ0n) is 7.90. The number of carbonyl (C=O) groups excluding carboxylic acids is 1. The van der Waals surface area contributed by atoms with E-state index in [1.807, 2.05) is 0 Å². The van der Waals surface area contributed by atoms with Gasteiger partial charge in [0.05, 0.1) is 4.92 Å². The molecule has 80 valence electrons. The number of halogens is 1. The third-order valence-corrected chi connectivity index (χ3v) is 1.67. The summed E-state index contributed by atoms with van der Waals surface area (Å²) in [7, 11) is 0. The van der Waals surface area contributed by atoms with E-state index >= 15 is 0 Å². The minimum atomic E-state index is -0.642. The average Bonchev–Trinajstić information content (AvgIpc) is 2.16. The number of rotatable bonds is 3. The summed E-state index contributed by atoms with van der Waals surface area (Å²) in [4.78, 5) is 20.2. The van der Waals surface area contributed by atoms with E-state index in [0.29, 0.717) is 0 Å². The molecule has 0 aliphatic carbocycles. The van der Waals surface area contributed by atoms with E-state index in [9.17, 15) is 19.3 Å². The Labute approximate surface area is 84.6 Å². The average molecular weight is 213 g/mol. The fourth-order valence-electron chi connectivity index (χ4n) is 0.965. The van der Waals surface area contributed by atoms with Crippen LogP contribution in [0, 0.1) is 15.9 Å². The summed E-state index contributed by atoms with van der Waals surface area (Å²) in [6.45, 7) is 0.873. The van der Waals surface area contributed by atoms with Gasteiger partial charge >= 0.3 is 5.97 Å². The predicted octanol–water partition coefficient (Wildman–Crippen LogP) is 1.80. The molecular weight excluding hydrogens is 205 g/mol. The molecule has 15 heavy (non-hydrogen) atoms. The quantitative estimate of drug-likeness (QED) is 0.436. The Hall–Kier alpha value is -1.98. The fraction of sp³-hybridized carbons (Fsp3) is 0.222. The highest BCUT2D eigenvalue weighted by Gasteiger charge is 2.11. The van der Waals surface area contributed by atoms with Gasteiger partial charge in [0, 0.05) is 24.6 Å². The van der Waals surface area contributed by atoms with Crippen LogP contribution in [-0.2, 0) is 16.1 Å². The molecule has 1 aromatic rings. The molecule has 0 N–H and O–H groups in total. The molecule has 6 heteroatoms. The van der Waals surface area contributed by atoms with Crippen LogP contribution in [0.1, 0.15) is 12.5 Å². The van der Waals surface area contributed by atoms with Crippen molar-refractivity contribution in [1.82, 2.24) is 0 Å². The van der Waals surface area contributed by atoms with Crippen LogP contribution < -0.4 is 0 Å². The number of carbonyl (C=O) groups is 1. The molecule has 0 radical (unpaired) electrons. The number of nitro benzene ring substituents is 1. The van der Waals surface area contributed by atoms with Crippen molar-refractivity contribution in [2.75, 3.05) is 0 Å². The van der Waals surface area contributed by atoms with E-state index in [1.54, 1.807) is 0 Å². The third kappa shape index (κ3) is 3.01. The Balaban J connectivity index is 2.90. The van der Waals surface area contributed by atoms with Crippen LogP contribution in [-0.4, -0.2) is 10.9 Å².